The average molecular weight is 218 g/mol. The smallest absolute Gasteiger partial charge is 0.119 e. The fourth-order valence-corrected chi connectivity index (χ4v) is 1.81. The van der Waals surface area contributed by atoms with Gasteiger partial charge >= 0.3 is 0 Å². The van der Waals surface area contributed by atoms with Crippen LogP contribution in [-0.4, -0.2) is 19.3 Å². The Morgan fingerprint density at radius 3 is 2.94 bits per heavy atom. The lowest BCUT2D eigenvalue weighted by Crippen LogP contribution is -2.20. The van der Waals surface area contributed by atoms with E-state index < -0.39 is 0 Å². The molecule has 86 valence electrons. The summed E-state index contributed by atoms with van der Waals surface area (Å²) in [6.07, 6.45) is 3.51. The van der Waals surface area contributed by atoms with Crippen LogP contribution in [0.2, 0.25) is 0 Å². The van der Waals surface area contributed by atoms with Gasteiger partial charge < -0.3 is 9.47 Å². The van der Waals surface area contributed by atoms with Gasteiger partial charge in [-0.05, 0) is 31.4 Å². The second-order valence-electron chi connectivity index (χ2n) is 4.20. The standard InChI is InChI=1S/C14H18O2/c1-12-6-5-9-14(15-10-12)11-16-13-7-3-2-4-8-13/h2-4,7-8,14H,1,5-6,9-11H2. The summed E-state index contributed by atoms with van der Waals surface area (Å²) in [5.41, 5.74) is 1.20. The van der Waals surface area contributed by atoms with Crippen LogP contribution < -0.4 is 4.74 Å². The minimum Gasteiger partial charge on any atom is -0.491 e. The van der Waals surface area contributed by atoms with Crippen molar-refractivity contribution in [2.24, 2.45) is 0 Å². The number of rotatable bonds is 3. The summed E-state index contributed by atoms with van der Waals surface area (Å²) in [6, 6.07) is 9.88. The molecule has 0 N–H and O–H groups in total. The SMILES string of the molecule is C=C1CCCC(COc2ccccc2)OC1. The molecular weight excluding hydrogens is 200 g/mol. The number of ether oxygens (including phenoxy) is 2. The largest absolute Gasteiger partial charge is 0.491 e. The highest BCUT2D eigenvalue weighted by molar-refractivity contribution is 5.20. The first-order valence-electron chi connectivity index (χ1n) is 5.81. The highest BCUT2D eigenvalue weighted by Crippen LogP contribution is 2.17. The lowest BCUT2D eigenvalue weighted by Gasteiger charge is -2.15. The first-order chi connectivity index (χ1) is 7.84. The minimum atomic E-state index is 0.208. The molecule has 1 unspecified atom stereocenters. The van der Waals surface area contributed by atoms with Crippen LogP contribution in [0.3, 0.4) is 0 Å². The van der Waals surface area contributed by atoms with Crippen molar-refractivity contribution in [2.75, 3.05) is 13.2 Å². The molecule has 0 aromatic heterocycles. The maximum Gasteiger partial charge on any atom is 0.119 e. The Morgan fingerprint density at radius 2 is 2.12 bits per heavy atom. The molecule has 1 aliphatic heterocycles. The predicted molar refractivity (Wildman–Crippen MR) is 64.7 cm³/mol. The number of para-hydroxylation sites is 1. The molecule has 1 saturated heterocycles. The van der Waals surface area contributed by atoms with E-state index in [-0.39, 0.29) is 6.10 Å². The molecule has 0 radical (unpaired) electrons. The predicted octanol–water partition coefficient (Wildman–Crippen LogP) is 3.19. The summed E-state index contributed by atoms with van der Waals surface area (Å²) in [4.78, 5) is 0. The van der Waals surface area contributed by atoms with E-state index in [0.29, 0.717) is 13.2 Å². The summed E-state index contributed by atoms with van der Waals surface area (Å²) < 4.78 is 11.4. The molecule has 16 heavy (non-hydrogen) atoms. The second kappa shape index (κ2) is 5.71. The molecular formula is C14H18O2. The fourth-order valence-electron chi connectivity index (χ4n) is 1.81. The summed E-state index contributed by atoms with van der Waals surface area (Å²) in [5, 5.41) is 0. The molecule has 2 rings (SSSR count). The van der Waals surface area contributed by atoms with Gasteiger partial charge in [-0.1, -0.05) is 30.4 Å². The van der Waals surface area contributed by atoms with Crippen molar-refractivity contribution in [2.45, 2.75) is 25.4 Å². The zero-order chi connectivity index (χ0) is 11.2. The van der Waals surface area contributed by atoms with Gasteiger partial charge in [-0.2, -0.15) is 0 Å². The van der Waals surface area contributed by atoms with E-state index in [1.165, 1.54) is 5.57 Å². The average Bonchev–Trinajstić information content (AvgIpc) is 2.53. The Balaban J connectivity index is 1.79. The van der Waals surface area contributed by atoms with Crippen LogP contribution in [0.15, 0.2) is 42.5 Å². The van der Waals surface area contributed by atoms with Gasteiger partial charge in [-0.3, -0.25) is 0 Å². The van der Waals surface area contributed by atoms with Crippen molar-refractivity contribution < 1.29 is 9.47 Å². The van der Waals surface area contributed by atoms with Gasteiger partial charge in [0.2, 0.25) is 0 Å². The van der Waals surface area contributed by atoms with E-state index in [9.17, 15) is 0 Å². The van der Waals surface area contributed by atoms with Crippen molar-refractivity contribution in [3.05, 3.63) is 42.5 Å². The van der Waals surface area contributed by atoms with Crippen LogP contribution in [0.4, 0.5) is 0 Å². The van der Waals surface area contributed by atoms with Gasteiger partial charge in [0.15, 0.2) is 0 Å². The number of benzene rings is 1. The molecule has 2 nitrogen and oxygen atoms in total. The van der Waals surface area contributed by atoms with Crippen molar-refractivity contribution >= 4 is 0 Å². The minimum absolute atomic E-state index is 0.208. The highest BCUT2D eigenvalue weighted by Gasteiger charge is 2.14. The van der Waals surface area contributed by atoms with Gasteiger partial charge in [0.25, 0.3) is 0 Å². The fraction of sp³-hybridized carbons (Fsp3) is 0.429. The van der Waals surface area contributed by atoms with Crippen molar-refractivity contribution in [3.8, 4) is 5.75 Å². The molecule has 1 atom stereocenters. The molecule has 0 bridgehead atoms. The summed E-state index contributed by atoms with van der Waals surface area (Å²) >= 11 is 0. The lowest BCUT2D eigenvalue weighted by molar-refractivity contribution is 0.0343. The van der Waals surface area contributed by atoms with E-state index in [1.54, 1.807) is 0 Å². The Labute approximate surface area is 96.9 Å². The van der Waals surface area contributed by atoms with Crippen LogP contribution in [-0.2, 0) is 4.74 Å². The van der Waals surface area contributed by atoms with Crippen LogP contribution >= 0.6 is 0 Å². The highest BCUT2D eigenvalue weighted by atomic mass is 16.5. The molecule has 1 aliphatic rings. The van der Waals surface area contributed by atoms with Crippen molar-refractivity contribution in [1.29, 1.82) is 0 Å². The molecule has 1 aromatic carbocycles. The topological polar surface area (TPSA) is 18.5 Å². The Bertz CT molecular complexity index is 332. The summed E-state index contributed by atoms with van der Waals surface area (Å²) in [5.74, 6) is 0.911. The normalized spacial score (nSPS) is 21.5. The third-order valence-corrected chi connectivity index (χ3v) is 2.76. The first-order valence-corrected chi connectivity index (χ1v) is 5.81. The van der Waals surface area contributed by atoms with E-state index >= 15 is 0 Å². The van der Waals surface area contributed by atoms with Crippen LogP contribution in [0.1, 0.15) is 19.3 Å². The third-order valence-electron chi connectivity index (χ3n) is 2.76. The monoisotopic (exact) mass is 218 g/mol. The Morgan fingerprint density at radius 1 is 1.31 bits per heavy atom. The molecule has 0 spiro atoms. The molecule has 0 saturated carbocycles. The quantitative estimate of drug-likeness (QED) is 0.725. The van der Waals surface area contributed by atoms with Gasteiger partial charge in [-0.25, -0.2) is 0 Å². The molecule has 1 fully saturated rings. The Kier molecular flexibility index (Phi) is 4.00. The van der Waals surface area contributed by atoms with Gasteiger partial charge in [-0.15, -0.1) is 0 Å². The third kappa shape index (κ3) is 3.38. The van der Waals surface area contributed by atoms with Crippen molar-refractivity contribution in [1.82, 2.24) is 0 Å². The maximum atomic E-state index is 5.71. The van der Waals surface area contributed by atoms with Gasteiger partial charge in [0, 0.05) is 0 Å². The summed E-state index contributed by atoms with van der Waals surface area (Å²) in [6.45, 7) is 5.28. The van der Waals surface area contributed by atoms with Crippen LogP contribution in [0.25, 0.3) is 0 Å². The molecule has 1 heterocycles. The molecule has 1 aromatic rings. The molecule has 2 heteroatoms. The van der Waals surface area contributed by atoms with E-state index in [2.05, 4.69) is 6.58 Å². The number of hydrogen-bond donors (Lipinski definition) is 0. The van der Waals surface area contributed by atoms with Crippen molar-refractivity contribution in [3.63, 3.8) is 0 Å². The zero-order valence-corrected chi connectivity index (χ0v) is 9.52. The molecule has 0 amide bonds. The Hall–Kier alpha value is -1.28. The van der Waals surface area contributed by atoms with Crippen LogP contribution in [0.5, 0.6) is 5.75 Å². The van der Waals surface area contributed by atoms with E-state index in [1.807, 2.05) is 30.3 Å². The first kappa shape index (κ1) is 11.2. The second-order valence-corrected chi connectivity index (χ2v) is 4.20. The number of hydrogen-bond acceptors (Lipinski definition) is 2. The van der Waals surface area contributed by atoms with Gasteiger partial charge in [0.1, 0.15) is 12.4 Å². The maximum absolute atomic E-state index is 5.71. The summed E-state index contributed by atoms with van der Waals surface area (Å²) in [7, 11) is 0. The van der Waals surface area contributed by atoms with Gasteiger partial charge in [0.05, 0.1) is 12.7 Å². The van der Waals surface area contributed by atoms with E-state index in [0.717, 1.165) is 25.0 Å². The molecule has 0 aliphatic carbocycles. The van der Waals surface area contributed by atoms with Crippen LogP contribution in [0, 0.1) is 0 Å². The zero-order valence-electron chi connectivity index (χ0n) is 9.52. The lowest BCUT2D eigenvalue weighted by atomic mass is 10.1. The van der Waals surface area contributed by atoms with E-state index in [4.69, 9.17) is 9.47 Å².